The summed E-state index contributed by atoms with van der Waals surface area (Å²) in [7, 11) is 0. The van der Waals surface area contributed by atoms with Gasteiger partial charge in [-0.3, -0.25) is 14.3 Å². The van der Waals surface area contributed by atoms with E-state index in [1.807, 2.05) is 36.7 Å². The van der Waals surface area contributed by atoms with E-state index in [0.29, 0.717) is 12.1 Å². The van der Waals surface area contributed by atoms with Gasteiger partial charge in [0.25, 0.3) is 5.91 Å². The Labute approximate surface area is 145 Å². The third-order valence-electron chi connectivity index (χ3n) is 4.48. The molecule has 0 radical (unpaired) electrons. The van der Waals surface area contributed by atoms with Crippen LogP contribution in [0.4, 0.5) is 4.39 Å². The largest absolute Gasteiger partial charge is 0.368 e. The highest BCUT2D eigenvalue weighted by Gasteiger charge is 2.38. The monoisotopic (exact) mass is 344 g/mol. The maximum absolute atomic E-state index is 13.6. The highest BCUT2D eigenvalue weighted by molar-refractivity contribution is 5.97. The van der Waals surface area contributed by atoms with Crippen LogP contribution in [0.5, 0.6) is 0 Å². The van der Waals surface area contributed by atoms with E-state index in [-0.39, 0.29) is 18.9 Å². The Morgan fingerprint density at radius 2 is 1.96 bits per heavy atom. The van der Waals surface area contributed by atoms with E-state index < -0.39 is 18.1 Å². The second-order valence-electron chi connectivity index (χ2n) is 6.49. The number of aryl methyl sites for hydroxylation is 2. The van der Waals surface area contributed by atoms with Crippen LogP contribution in [0.2, 0.25) is 0 Å². The second kappa shape index (κ2) is 6.66. The summed E-state index contributed by atoms with van der Waals surface area (Å²) in [5.41, 5.74) is 8.71. The number of benzene rings is 1. The van der Waals surface area contributed by atoms with Crippen LogP contribution in [0.3, 0.4) is 0 Å². The smallest absolute Gasteiger partial charge is 0.254 e. The van der Waals surface area contributed by atoms with Gasteiger partial charge < -0.3 is 10.6 Å². The zero-order chi connectivity index (χ0) is 18.1. The highest BCUT2D eigenvalue weighted by atomic mass is 19.1. The van der Waals surface area contributed by atoms with E-state index in [9.17, 15) is 14.0 Å². The summed E-state index contributed by atoms with van der Waals surface area (Å²) in [5.74, 6) is -1.05. The van der Waals surface area contributed by atoms with Gasteiger partial charge in [0, 0.05) is 17.7 Å². The molecule has 6 nitrogen and oxygen atoms in total. The Morgan fingerprint density at radius 1 is 1.28 bits per heavy atom. The number of nitrogens with zero attached hydrogens (tertiary/aromatic N) is 3. The van der Waals surface area contributed by atoms with Crippen LogP contribution in [0.25, 0.3) is 0 Å². The average Bonchev–Trinajstić information content (AvgIpc) is 3.10. The molecule has 2 aromatic rings. The van der Waals surface area contributed by atoms with Crippen molar-refractivity contribution in [1.82, 2.24) is 14.7 Å². The molecule has 0 aliphatic carbocycles. The lowest BCUT2D eigenvalue weighted by molar-refractivity contribution is -0.121. The maximum atomic E-state index is 13.6. The minimum atomic E-state index is -1.22. The van der Waals surface area contributed by atoms with E-state index in [0.717, 1.165) is 17.0 Å². The molecule has 25 heavy (non-hydrogen) atoms. The predicted molar refractivity (Wildman–Crippen MR) is 90.8 cm³/mol. The lowest BCUT2D eigenvalue weighted by Crippen LogP contribution is -2.43. The van der Waals surface area contributed by atoms with Crippen molar-refractivity contribution in [2.75, 3.05) is 6.54 Å². The lowest BCUT2D eigenvalue weighted by Gasteiger charge is -2.21. The second-order valence-corrected chi connectivity index (χ2v) is 6.49. The number of rotatable bonds is 4. The molecular formula is C18H21FN4O2. The SMILES string of the molecule is Cc1cc(C)n(Cc2ccc(C(=O)N3C[C@H](F)C[C@H]3C(N)=O)cc2)n1. The quantitative estimate of drug-likeness (QED) is 0.914. The molecule has 0 saturated carbocycles. The van der Waals surface area contributed by atoms with Crippen molar-refractivity contribution in [1.29, 1.82) is 0 Å². The first-order valence-corrected chi connectivity index (χ1v) is 8.19. The molecule has 1 saturated heterocycles. The first-order valence-electron chi connectivity index (χ1n) is 8.19. The Bertz CT molecular complexity index is 800. The van der Waals surface area contributed by atoms with Crippen LogP contribution < -0.4 is 5.73 Å². The van der Waals surface area contributed by atoms with Gasteiger partial charge >= 0.3 is 0 Å². The predicted octanol–water partition coefficient (Wildman–Crippen LogP) is 1.59. The fourth-order valence-electron chi connectivity index (χ4n) is 3.21. The highest BCUT2D eigenvalue weighted by Crippen LogP contribution is 2.23. The number of primary amides is 1. The summed E-state index contributed by atoms with van der Waals surface area (Å²) in [6.07, 6.45) is -1.25. The fourth-order valence-corrected chi connectivity index (χ4v) is 3.21. The Morgan fingerprint density at radius 3 is 2.52 bits per heavy atom. The first kappa shape index (κ1) is 17.1. The number of likely N-dealkylation sites (tertiary alicyclic amines) is 1. The summed E-state index contributed by atoms with van der Waals surface area (Å²) in [6, 6.07) is 8.18. The Kier molecular flexibility index (Phi) is 4.57. The number of carbonyl (C=O) groups is 2. The average molecular weight is 344 g/mol. The Balaban J connectivity index is 1.74. The molecule has 2 N–H and O–H groups in total. The van der Waals surface area contributed by atoms with Crippen molar-refractivity contribution in [2.24, 2.45) is 5.73 Å². The summed E-state index contributed by atoms with van der Waals surface area (Å²) in [6.45, 7) is 4.44. The molecule has 3 rings (SSSR count). The van der Waals surface area contributed by atoms with Crippen molar-refractivity contribution in [2.45, 2.75) is 39.0 Å². The number of alkyl halides is 1. The lowest BCUT2D eigenvalue weighted by atomic mass is 10.1. The van der Waals surface area contributed by atoms with Crippen LogP contribution in [0, 0.1) is 13.8 Å². The van der Waals surface area contributed by atoms with Crippen LogP contribution in [0.1, 0.15) is 33.7 Å². The van der Waals surface area contributed by atoms with E-state index in [1.54, 1.807) is 12.1 Å². The molecule has 1 aromatic carbocycles. The van der Waals surface area contributed by atoms with Gasteiger partial charge in [0.15, 0.2) is 0 Å². The molecule has 1 aliphatic heterocycles. The number of carbonyl (C=O) groups excluding carboxylic acids is 2. The van der Waals surface area contributed by atoms with E-state index in [2.05, 4.69) is 5.10 Å². The number of hydrogen-bond donors (Lipinski definition) is 1. The molecule has 2 heterocycles. The van der Waals surface area contributed by atoms with Gasteiger partial charge in [0.2, 0.25) is 5.91 Å². The normalized spacial score (nSPS) is 20.0. The van der Waals surface area contributed by atoms with Gasteiger partial charge in [-0.1, -0.05) is 12.1 Å². The van der Waals surface area contributed by atoms with Crippen molar-refractivity contribution in [3.05, 3.63) is 52.8 Å². The zero-order valence-corrected chi connectivity index (χ0v) is 14.3. The minimum absolute atomic E-state index is 0.0307. The number of halogens is 1. The molecule has 1 aromatic heterocycles. The van der Waals surface area contributed by atoms with Crippen LogP contribution in [0.15, 0.2) is 30.3 Å². The molecular weight excluding hydrogens is 323 g/mol. The first-order chi connectivity index (χ1) is 11.8. The van der Waals surface area contributed by atoms with Crippen LogP contribution in [-0.2, 0) is 11.3 Å². The maximum Gasteiger partial charge on any atom is 0.254 e. The Hall–Kier alpha value is -2.70. The molecule has 0 bridgehead atoms. The van der Waals surface area contributed by atoms with Crippen LogP contribution in [-0.4, -0.2) is 45.3 Å². The summed E-state index contributed by atoms with van der Waals surface area (Å²) >= 11 is 0. The third kappa shape index (κ3) is 3.55. The molecule has 0 unspecified atom stereocenters. The molecule has 7 heteroatoms. The fraction of sp³-hybridized carbons (Fsp3) is 0.389. The molecule has 1 aliphatic rings. The molecule has 2 atom stereocenters. The van der Waals surface area contributed by atoms with E-state index >= 15 is 0 Å². The number of hydrogen-bond acceptors (Lipinski definition) is 3. The summed E-state index contributed by atoms with van der Waals surface area (Å²) < 4.78 is 15.5. The van der Waals surface area contributed by atoms with Gasteiger partial charge in [-0.15, -0.1) is 0 Å². The van der Waals surface area contributed by atoms with Gasteiger partial charge in [-0.05, 0) is 37.6 Å². The molecule has 132 valence electrons. The van der Waals surface area contributed by atoms with Crippen molar-refractivity contribution >= 4 is 11.8 Å². The third-order valence-corrected chi connectivity index (χ3v) is 4.48. The zero-order valence-electron chi connectivity index (χ0n) is 14.3. The molecule has 2 amide bonds. The van der Waals surface area contributed by atoms with Crippen LogP contribution >= 0.6 is 0 Å². The van der Waals surface area contributed by atoms with Gasteiger partial charge in [0.05, 0.1) is 18.8 Å². The van der Waals surface area contributed by atoms with Gasteiger partial charge in [0.1, 0.15) is 12.2 Å². The van der Waals surface area contributed by atoms with Crippen molar-refractivity contribution in [3.63, 3.8) is 0 Å². The van der Waals surface area contributed by atoms with Crippen molar-refractivity contribution in [3.8, 4) is 0 Å². The number of nitrogens with two attached hydrogens (primary N) is 1. The van der Waals surface area contributed by atoms with Crippen molar-refractivity contribution < 1.29 is 14.0 Å². The summed E-state index contributed by atoms with van der Waals surface area (Å²) in [4.78, 5) is 25.2. The van der Waals surface area contributed by atoms with Gasteiger partial charge in [-0.2, -0.15) is 5.10 Å². The standard InChI is InChI=1S/C18H21FN4O2/c1-11-7-12(2)23(21-11)9-13-3-5-14(6-4-13)18(25)22-10-15(19)8-16(22)17(20)24/h3-7,15-16H,8-10H2,1-2H3,(H2,20,24)/t15-,16+/m1/s1. The summed E-state index contributed by atoms with van der Waals surface area (Å²) in [5, 5.41) is 4.41. The van der Waals surface area contributed by atoms with E-state index in [4.69, 9.17) is 5.73 Å². The van der Waals surface area contributed by atoms with E-state index in [1.165, 1.54) is 4.90 Å². The molecule has 0 spiro atoms. The molecule has 1 fully saturated rings. The topological polar surface area (TPSA) is 81.2 Å². The van der Waals surface area contributed by atoms with Gasteiger partial charge in [-0.25, -0.2) is 4.39 Å². The minimum Gasteiger partial charge on any atom is -0.368 e. The number of aromatic nitrogens is 2. The number of amides is 2.